The molecule has 3 rings (SSSR count). The standard InChI is InChI=1S/C17H18ClFN6O/c18-6-5-15(26)20-7-8-25-17-14(10-24-25)16(22-11-23-17)21-9-12-1-3-13(19)4-2-12/h1-4,10-11H,5-9H2,(H,20,26)(H,21,22,23). The van der Waals surface area contributed by atoms with Gasteiger partial charge in [-0.25, -0.2) is 19.0 Å². The Morgan fingerprint density at radius 1 is 1.23 bits per heavy atom. The van der Waals surface area contributed by atoms with Crippen LogP contribution in [0.4, 0.5) is 10.2 Å². The highest BCUT2D eigenvalue weighted by atomic mass is 35.5. The molecule has 0 atom stereocenters. The minimum Gasteiger partial charge on any atom is -0.365 e. The quantitative estimate of drug-likeness (QED) is 0.589. The predicted octanol–water partition coefficient (Wildman–Crippen LogP) is 2.32. The Kier molecular flexibility index (Phi) is 5.96. The molecule has 7 nitrogen and oxygen atoms in total. The summed E-state index contributed by atoms with van der Waals surface area (Å²) in [6, 6.07) is 6.27. The molecule has 0 aliphatic heterocycles. The van der Waals surface area contributed by atoms with Crippen molar-refractivity contribution in [1.82, 2.24) is 25.1 Å². The van der Waals surface area contributed by atoms with Gasteiger partial charge in [0, 0.05) is 25.4 Å². The number of carbonyl (C=O) groups excluding carboxylic acids is 1. The normalized spacial score (nSPS) is 10.8. The number of hydrogen-bond acceptors (Lipinski definition) is 5. The second kappa shape index (κ2) is 8.57. The molecule has 136 valence electrons. The minimum atomic E-state index is -0.266. The molecule has 9 heteroatoms. The van der Waals surface area contributed by atoms with Gasteiger partial charge in [-0.1, -0.05) is 12.1 Å². The third-order valence-electron chi connectivity index (χ3n) is 3.77. The van der Waals surface area contributed by atoms with E-state index in [-0.39, 0.29) is 11.7 Å². The van der Waals surface area contributed by atoms with Crippen LogP contribution < -0.4 is 10.6 Å². The second-order valence-corrected chi connectivity index (χ2v) is 5.97. The Labute approximate surface area is 154 Å². The first-order chi connectivity index (χ1) is 12.7. The van der Waals surface area contributed by atoms with Crippen molar-refractivity contribution in [2.75, 3.05) is 17.7 Å². The SMILES string of the molecule is O=C(CCCl)NCCn1ncc2c(NCc3ccc(F)cc3)ncnc21. The molecule has 26 heavy (non-hydrogen) atoms. The first-order valence-electron chi connectivity index (χ1n) is 8.15. The number of amides is 1. The third-order valence-corrected chi connectivity index (χ3v) is 3.96. The number of carbonyl (C=O) groups is 1. The summed E-state index contributed by atoms with van der Waals surface area (Å²) in [5.74, 6) is 0.592. The summed E-state index contributed by atoms with van der Waals surface area (Å²) in [7, 11) is 0. The van der Waals surface area contributed by atoms with Crippen LogP contribution in [0.25, 0.3) is 11.0 Å². The van der Waals surface area contributed by atoms with Gasteiger partial charge in [-0.2, -0.15) is 5.10 Å². The summed E-state index contributed by atoms with van der Waals surface area (Å²) in [6.07, 6.45) is 3.43. The zero-order chi connectivity index (χ0) is 18.4. The number of alkyl halides is 1. The summed E-state index contributed by atoms with van der Waals surface area (Å²) in [4.78, 5) is 20.0. The van der Waals surface area contributed by atoms with Gasteiger partial charge < -0.3 is 10.6 Å². The van der Waals surface area contributed by atoms with Crippen LogP contribution >= 0.6 is 11.6 Å². The lowest BCUT2D eigenvalue weighted by atomic mass is 10.2. The lowest BCUT2D eigenvalue weighted by Crippen LogP contribution is -2.27. The number of aromatic nitrogens is 4. The molecule has 1 aromatic carbocycles. The molecular formula is C17H18ClFN6O. The van der Waals surface area contributed by atoms with Crippen LogP contribution in [-0.4, -0.2) is 38.1 Å². The molecule has 0 fully saturated rings. The van der Waals surface area contributed by atoms with Gasteiger partial charge in [0.25, 0.3) is 0 Å². The number of rotatable bonds is 8. The van der Waals surface area contributed by atoms with E-state index in [1.807, 2.05) is 0 Å². The maximum Gasteiger partial charge on any atom is 0.221 e. The predicted molar refractivity (Wildman–Crippen MR) is 97.4 cm³/mol. The van der Waals surface area contributed by atoms with Gasteiger partial charge in [-0.3, -0.25) is 4.79 Å². The molecule has 0 saturated heterocycles. The second-order valence-electron chi connectivity index (χ2n) is 5.60. The lowest BCUT2D eigenvalue weighted by molar-refractivity contribution is -0.120. The van der Waals surface area contributed by atoms with Crippen LogP contribution in [0.3, 0.4) is 0 Å². The molecular weight excluding hydrogens is 359 g/mol. The number of anilines is 1. The summed E-state index contributed by atoms with van der Waals surface area (Å²) < 4.78 is 14.7. The molecule has 0 radical (unpaired) electrons. The van der Waals surface area contributed by atoms with Crippen molar-refractivity contribution in [1.29, 1.82) is 0 Å². The zero-order valence-electron chi connectivity index (χ0n) is 14.0. The molecule has 2 heterocycles. The molecule has 3 aromatic rings. The van der Waals surface area contributed by atoms with Gasteiger partial charge in [-0.15, -0.1) is 11.6 Å². The van der Waals surface area contributed by atoms with E-state index in [4.69, 9.17) is 11.6 Å². The topological polar surface area (TPSA) is 84.7 Å². The Morgan fingerprint density at radius 2 is 2.04 bits per heavy atom. The molecule has 0 aliphatic rings. The molecule has 0 saturated carbocycles. The van der Waals surface area contributed by atoms with Gasteiger partial charge in [0.2, 0.25) is 5.91 Å². The number of halogens is 2. The number of nitrogens with zero attached hydrogens (tertiary/aromatic N) is 4. The van der Waals surface area contributed by atoms with E-state index >= 15 is 0 Å². The van der Waals surface area contributed by atoms with E-state index in [1.54, 1.807) is 23.0 Å². The van der Waals surface area contributed by atoms with Crippen LogP contribution in [0.5, 0.6) is 0 Å². The summed E-state index contributed by atoms with van der Waals surface area (Å²) in [6.45, 7) is 1.44. The third kappa shape index (κ3) is 4.45. The largest absolute Gasteiger partial charge is 0.365 e. The first kappa shape index (κ1) is 18.1. The molecule has 1 amide bonds. The summed E-state index contributed by atoms with van der Waals surface area (Å²) in [5, 5.41) is 11.1. The van der Waals surface area contributed by atoms with Gasteiger partial charge >= 0.3 is 0 Å². The molecule has 2 aromatic heterocycles. The van der Waals surface area contributed by atoms with Crippen molar-refractivity contribution in [2.24, 2.45) is 0 Å². The minimum absolute atomic E-state index is 0.0901. The van der Waals surface area contributed by atoms with Crippen LogP contribution in [0.15, 0.2) is 36.8 Å². The number of nitrogens with one attached hydrogen (secondary N) is 2. The maximum atomic E-state index is 13.0. The first-order valence-corrected chi connectivity index (χ1v) is 8.68. The Balaban J connectivity index is 1.66. The average molecular weight is 377 g/mol. The van der Waals surface area contributed by atoms with Crippen molar-refractivity contribution in [3.8, 4) is 0 Å². The highest BCUT2D eigenvalue weighted by Gasteiger charge is 2.10. The van der Waals surface area contributed by atoms with Crippen molar-refractivity contribution in [3.05, 3.63) is 48.2 Å². The van der Waals surface area contributed by atoms with Crippen LogP contribution in [0.2, 0.25) is 0 Å². The highest BCUT2D eigenvalue weighted by Crippen LogP contribution is 2.19. The van der Waals surface area contributed by atoms with E-state index < -0.39 is 0 Å². The van der Waals surface area contributed by atoms with Gasteiger partial charge in [0.15, 0.2) is 5.65 Å². The van der Waals surface area contributed by atoms with E-state index in [0.717, 1.165) is 10.9 Å². The van der Waals surface area contributed by atoms with Crippen LogP contribution in [0, 0.1) is 5.82 Å². The van der Waals surface area contributed by atoms with E-state index in [2.05, 4.69) is 25.7 Å². The monoisotopic (exact) mass is 376 g/mol. The van der Waals surface area contributed by atoms with E-state index in [1.165, 1.54) is 18.5 Å². The number of hydrogen-bond donors (Lipinski definition) is 2. The van der Waals surface area contributed by atoms with Crippen molar-refractivity contribution in [2.45, 2.75) is 19.5 Å². The smallest absolute Gasteiger partial charge is 0.221 e. The number of fused-ring (bicyclic) bond motifs is 1. The lowest BCUT2D eigenvalue weighted by Gasteiger charge is -2.07. The van der Waals surface area contributed by atoms with Crippen molar-refractivity contribution in [3.63, 3.8) is 0 Å². The fourth-order valence-corrected chi connectivity index (χ4v) is 2.63. The Morgan fingerprint density at radius 3 is 2.81 bits per heavy atom. The molecule has 0 unspecified atom stereocenters. The molecule has 0 spiro atoms. The fourth-order valence-electron chi connectivity index (χ4n) is 2.46. The van der Waals surface area contributed by atoms with Crippen LogP contribution in [-0.2, 0) is 17.9 Å². The van der Waals surface area contributed by atoms with Crippen molar-refractivity contribution < 1.29 is 9.18 Å². The number of benzene rings is 1. The van der Waals surface area contributed by atoms with Gasteiger partial charge in [0.05, 0.1) is 18.1 Å². The molecule has 2 N–H and O–H groups in total. The van der Waals surface area contributed by atoms with E-state index in [9.17, 15) is 9.18 Å². The van der Waals surface area contributed by atoms with Gasteiger partial charge in [0.1, 0.15) is 18.0 Å². The molecule has 0 bridgehead atoms. The Hall–Kier alpha value is -2.74. The molecule has 0 aliphatic carbocycles. The van der Waals surface area contributed by atoms with Crippen molar-refractivity contribution >= 4 is 34.4 Å². The Bertz CT molecular complexity index is 883. The highest BCUT2D eigenvalue weighted by molar-refractivity contribution is 6.18. The summed E-state index contributed by atoms with van der Waals surface area (Å²) in [5.41, 5.74) is 1.61. The fraction of sp³-hybridized carbons (Fsp3) is 0.294. The zero-order valence-corrected chi connectivity index (χ0v) is 14.7. The van der Waals surface area contributed by atoms with Crippen LogP contribution in [0.1, 0.15) is 12.0 Å². The summed E-state index contributed by atoms with van der Waals surface area (Å²) >= 11 is 5.53. The average Bonchev–Trinajstić information content (AvgIpc) is 3.05. The maximum absolute atomic E-state index is 13.0. The van der Waals surface area contributed by atoms with E-state index in [0.29, 0.717) is 43.4 Å². The van der Waals surface area contributed by atoms with Gasteiger partial charge in [-0.05, 0) is 17.7 Å².